The first-order valence-corrected chi connectivity index (χ1v) is 16.5. The second-order valence-corrected chi connectivity index (χ2v) is 14.4. The van der Waals surface area contributed by atoms with Gasteiger partial charge in [-0.3, -0.25) is 4.98 Å². The van der Waals surface area contributed by atoms with Gasteiger partial charge in [0.15, 0.2) is 0 Å². The minimum absolute atomic E-state index is 0. The summed E-state index contributed by atoms with van der Waals surface area (Å²) in [4.78, 5) is 9.98. The molecule has 7 aromatic rings. The molecule has 0 bridgehead atoms. The van der Waals surface area contributed by atoms with E-state index in [-0.39, 0.29) is 26.5 Å². The van der Waals surface area contributed by atoms with Crippen molar-refractivity contribution in [1.29, 1.82) is 0 Å². The molecule has 1 spiro atoms. The molecule has 2 aliphatic rings. The van der Waals surface area contributed by atoms with Gasteiger partial charge in [0.2, 0.25) is 11.8 Å². The Bertz CT molecular complexity index is 2320. The topological polar surface area (TPSA) is 39.9 Å². The molecule has 0 N–H and O–H groups in total. The van der Waals surface area contributed by atoms with E-state index in [1.165, 1.54) is 27.8 Å². The maximum Gasteiger partial charge on any atom is 2.00 e. The Morgan fingerprint density at radius 1 is 0.688 bits per heavy atom. The number of benzene rings is 4. The zero-order valence-electron chi connectivity index (χ0n) is 27.3. The molecule has 0 aliphatic heterocycles. The third kappa shape index (κ3) is 5.27. The first-order chi connectivity index (χ1) is 22.8. The van der Waals surface area contributed by atoms with Crippen molar-refractivity contribution in [2.45, 2.75) is 51.9 Å². The molecule has 9 rings (SSSR count). The van der Waals surface area contributed by atoms with Crippen LogP contribution in [0.5, 0.6) is 11.8 Å². The summed E-state index contributed by atoms with van der Waals surface area (Å²) in [6.07, 6.45) is 4.53. The zero-order valence-corrected chi connectivity index (χ0v) is 29.6. The van der Waals surface area contributed by atoms with E-state index in [9.17, 15) is 0 Å². The molecule has 48 heavy (non-hydrogen) atoms. The van der Waals surface area contributed by atoms with Crippen LogP contribution in [0.4, 0.5) is 0 Å². The van der Waals surface area contributed by atoms with Crippen LogP contribution >= 0.6 is 0 Å². The number of para-hydroxylation sites is 1. The van der Waals surface area contributed by atoms with Gasteiger partial charge in [0.25, 0.3) is 0 Å². The number of ether oxygens (including phenoxy) is 1. The van der Waals surface area contributed by atoms with Crippen molar-refractivity contribution in [3.05, 3.63) is 149 Å². The number of fused-ring (bicyclic) bond motifs is 5. The summed E-state index contributed by atoms with van der Waals surface area (Å²) >= 11 is 0. The Hall–Kier alpha value is -4.53. The molecule has 0 radical (unpaired) electrons. The maximum absolute atomic E-state index is 6.36. The van der Waals surface area contributed by atoms with E-state index in [0.717, 1.165) is 64.6 Å². The van der Waals surface area contributed by atoms with Crippen molar-refractivity contribution in [3.8, 4) is 28.7 Å². The molecule has 0 unspecified atom stereocenters. The second kappa shape index (κ2) is 11.6. The summed E-state index contributed by atoms with van der Waals surface area (Å²) < 4.78 is 8.54. The van der Waals surface area contributed by atoms with E-state index in [4.69, 9.17) is 14.7 Å². The molecule has 0 saturated carbocycles. The molecule has 0 amide bonds. The van der Waals surface area contributed by atoms with Gasteiger partial charge < -0.3 is 9.30 Å². The van der Waals surface area contributed by atoms with E-state index in [1.807, 2.05) is 30.3 Å². The molecule has 3 aromatic heterocycles. The fourth-order valence-electron chi connectivity index (χ4n) is 7.84. The van der Waals surface area contributed by atoms with Gasteiger partial charge in [0, 0.05) is 16.8 Å². The first-order valence-electron chi connectivity index (χ1n) is 16.5. The van der Waals surface area contributed by atoms with E-state index < -0.39 is 0 Å². The third-order valence-electron chi connectivity index (χ3n) is 10.1. The van der Waals surface area contributed by atoms with Crippen LogP contribution in [0.1, 0.15) is 48.6 Å². The SMILES string of the molecule is CC(C)(C)c1cc[c-]c(-n2c3ccccc3c3ccc(Oc4cccc(-c5[c-]cc6c(c5)CC5(C6)Cc6ccccc6C5)n4)nc32)c1.[Pt+2]. The number of rotatable bonds is 4. The number of hydrogen-bond donors (Lipinski definition) is 0. The molecule has 2 aliphatic carbocycles. The van der Waals surface area contributed by atoms with Crippen LogP contribution in [0.3, 0.4) is 0 Å². The molecular weight excluding hydrogens is 770 g/mol. The summed E-state index contributed by atoms with van der Waals surface area (Å²) in [5, 5.41) is 2.21. The fourth-order valence-corrected chi connectivity index (χ4v) is 7.84. The Kier molecular flexibility index (Phi) is 7.42. The van der Waals surface area contributed by atoms with Gasteiger partial charge >= 0.3 is 21.1 Å². The van der Waals surface area contributed by atoms with Gasteiger partial charge in [-0.15, -0.1) is 41.0 Å². The minimum atomic E-state index is 0. The van der Waals surface area contributed by atoms with Crippen LogP contribution in [0, 0.1) is 17.5 Å². The Morgan fingerprint density at radius 3 is 2.23 bits per heavy atom. The van der Waals surface area contributed by atoms with Crippen molar-refractivity contribution in [3.63, 3.8) is 0 Å². The Balaban J connectivity index is 0.00000336. The predicted molar refractivity (Wildman–Crippen MR) is 188 cm³/mol. The molecular formula is C43H35N3OPt. The number of hydrogen-bond acceptors (Lipinski definition) is 3. The Labute approximate surface area is 296 Å². The van der Waals surface area contributed by atoms with Crippen LogP contribution in [0.15, 0.2) is 109 Å². The van der Waals surface area contributed by atoms with E-state index in [2.05, 4.69) is 116 Å². The van der Waals surface area contributed by atoms with Crippen molar-refractivity contribution >= 4 is 21.9 Å². The first kappa shape index (κ1) is 30.8. The average Bonchev–Trinajstić information content (AvgIpc) is 3.73. The summed E-state index contributed by atoms with van der Waals surface area (Å²) in [5.41, 5.74) is 12.2. The van der Waals surface area contributed by atoms with Crippen LogP contribution < -0.4 is 4.74 Å². The average molecular weight is 805 g/mol. The van der Waals surface area contributed by atoms with Crippen molar-refractivity contribution in [1.82, 2.24) is 14.5 Å². The van der Waals surface area contributed by atoms with Crippen LogP contribution in [-0.2, 0) is 52.2 Å². The van der Waals surface area contributed by atoms with E-state index >= 15 is 0 Å². The van der Waals surface area contributed by atoms with E-state index in [1.54, 1.807) is 0 Å². The molecule has 0 fully saturated rings. The van der Waals surface area contributed by atoms with Gasteiger partial charge in [-0.25, -0.2) is 0 Å². The minimum Gasteiger partial charge on any atom is -0.421 e. The van der Waals surface area contributed by atoms with Crippen molar-refractivity contribution in [2.75, 3.05) is 0 Å². The predicted octanol–water partition coefficient (Wildman–Crippen LogP) is 9.81. The third-order valence-corrected chi connectivity index (χ3v) is 10.1. The van der Waals surface area contributed by atoms with Crippen LogP contribution in [-0.4, -0.2) is 14.5 Å². The number of pyridine rings is 2. The van der Waals surface area contributed by atoms with Gasteiger partial charge in [-0.1, -0.05) is 87.5 Å². The molecule has 0 saturated heterocycles. The van der Waals surface area contributed by atoms with Crippen molar-refractivity contribution in [2.24, 2.45) is 5.41 Å². The molecule has 4 aromatic carbocycles. The van der Waals surface area contributed by atoms with Gasteiger partial charge in [-0.2, -0.15) is 28.7 Å². The number of nitrogens with zero attached hydrogens (tertiary/aromatic N) is 3. The largest absolute Gasteiger partial charge is 2.00 e. The second-order valence-electron chi connectivity index (χ2n) is 14.4. The zero-order chi connectivity index (χ0) is 31.8. The quantitative estimate of drug-likeness (QED) is 0.167. The van der Waals surface area contributed by atoms with Gasteiger partial charge in [0.1, 0.15) is 5.65 Å². The van der Waals surface area contributed by atoms with Gasteiger partial charge in [-0.05, 0) is 65.1 Å². The maximum atomic E-state index is 6.36. The smallest absolute Gasteiger partial charge is 0.421 e. The molecule has 4 nitrogen and oxygen atoms in total. The van der Waals surface area contributed by atoms with Crippen LogP contribution in [0.2, 0.25) is 0 Å². The Morgan fingerprint density at radius 2 is 1.42 bits per heavy atom. The van der Waals surface area contributed by atoms with Crippen LogP contribution in [0.25, 0.3) is 38.9 Å². The van der Waals surface area contributed by atoms with Crippen molar-refractivity contribution < 1.29 is 25.8 Å². The van der Waals surface area contributed by atoms with Gasteiger partial charge in [0.05, 0.1) is 5.52 Å². The monoisotopic (exact) mass is 804 g/mol. The molecule has 3 heterocycles. The summed E-state index contributed by atoms with van der Waals surface area (Å²) in [5.74, 6) is 1.01. The summed E-state index contributed by atoms with van der Waals surface area (Å²) in [6, 6.07) is 45.2. The molecule has 0 atom stereocenters. The molecule has 5 heteroatoms. The summed E-state index contributed by atoms with van der Waals surface area (Å²) in [7, 11) is 0. The standard InChI is InChI=1S/C43H35N3O.Pt/c1-42(2,3)33-12-8-13-34(23-33)46-38-16-7-6-14-35(38)36-20-21-40(45-41(36)46)47-39-17-9-15-37(44-39)28-18-19-31-26-43(27-32(31)22-28)24-29-10-4-5-11-30(29)25-43;/h4-12,14-17,19-23H,24-27H2,1-3H3;/q-2;+2. The number of aromatic nitrogens is 3. The summed E-state index contributed by atoms with van der Waals surface area (Å²) in [6.45, 7) is 6.69. The molecule has 238 valence electrons. The normalized spacial score (nSPS) is 14.6. The fraction of sp³-hybridized carbons (Fsp3) is 0.209. The van der Waals surface area contributed by atoms with E-state index in [0.29, 0.717) is 17.2 Å².